The molecule has 47 heavy (non-hydrogen) atoms. The van der Waals surface area contributed by atoms with Crippen molar-refractivity contribution in [3.05, 3.63) is 24.3 Å². The first-order chi connectivity index (χ1) is 22.9. The number of ether oxygens (including phenoxy) is 4. The first-order valence-corrected chi connectivity index (χ1v) is 18.9. The highest BCUT2D eigenvalue weighted by atomic mass is 16.7. The molecule has 0 aromatic heterocycles. The van der Waals surface area contributed by atoms with E-state index >= 15 is 0 Å². The molecule has 0 bridgehead atoms. The Morgan fingerprint density at radius 2 is 1.23 bits per heavy atom. The van der Waals surface area contributed by atoms with Crippen LogP contribution in [0.15, 0.2) is 24.3 Å². The molecule has 6 atom stereocenters. The van der Waals surface area contributed by atoms with E-state index in [0.29, 0.717) is 13.0 Å². The highest BCUT2D eigenvalue weighted by molar-refractivity contribution is 5.69. The molecule has 1 aliphatic heterocycles. The van der Waals surface area contributed by atoms with Crippen LogP contribution < -0.4 is 0 Å². The van der Waals surface area contributed by atoms with Gasteiger partial charge in [0.25, 0.3) is 0 Å². The Hall–Kier alpha value is -1.33. The van der Waals surface area contributed by atoms with Crippen LogP contribution in [0.3, 0.4) is 0 Å². The van der Waals surface area contributed by atoms with E-state index in [1.165, 1.54) is 83.5 Å². The number of carbonyl (C=O) groups is 1. The maximum atomic E-state index is 12.6. The van der Waals surface area contributed by atoms with Crippen LogP contribution in [0.4, 0.5) is 0 Å². The average Bonchev–Trinajstić information content (AvgIpc) is 3.07. The minimum absolute atomic E-state index is 0.115. The first-order valence-electron chi connectivity index (χ1n) is 18.9. The Labute approximate surface area is 286 Å². The van der Waals surface area contributed by atoms with Crippen LogP contribution in [-0.2, 0) is 23.7 Å². The molecule has 0 aromatic carbocycles. The quantitative estimate of drug-likeness (QED) is 0.0347. The average molecular weight is 671 g/mol. The largest absolute Gasteiger partial charge is 0.457 e. The smallest absolute Gasteiger partial charge is 0.306 e. The molecular weight excluding hydrogens is 600 g/mol. The molecule has 1 fully saturated rings. The predicted molar refractivity (Wildman–Crippen MR) is 187 cm³/mol. The Balaban J connectivity index is 2.26. The Bertz CT molecular complexity index is 772. The van der Waals surface area contributed by atoms with Gasteiger partial charge in [-0.05, 0) is 44.9 Å². The third-order valence-electron chi connectivity index (χ3n) is 8.62. The summed E-state index contributed by atoms with van der Waals surface area (Å²) in [5, 5.41) is 39.8. The fourth-order valence-corrected chi connectivity index (χ4v) is 5.58. The summed E-state index contributed by atoms with van der Waals surface area (Å²) in [6.07, 6.45) is 25.1. The van der Waals surface area contributed by atoms with Crippen LogP contribution in [0.5, 0.6) is 0 Å². The summed E-state index contributed by atoms with van der Waals surface area (Å²) in [4.78, 5) is 12.6. The van der Waals surface area contributed by atoms with E-state index < -0.39 is 43.4 Å². The second kappa shape index (κ2) is 30.7. The second-order valence-corrected chi connectivity index (χ2v) is 13.0. The second-order valence-electron chi connectivity index (χ2n) is 13.0. The van der Waals surface area contributed by atoms with Crippen molar-refractivity contribution in [3.63, 3.8) is 0 Å². The van der Waals surface area contributed by atoms with Crippen LogP contribution in [0.25, 0.3) is 0 Å². The van der Waals surface area contributed by atoms with Crippen molar-refractivity contribution in [2.45, 2.75) is 185 Å². The van der Waals surface area contributed by atoms with E-state index in [1.54, 1.807) is 0 Å². The summed E-state index contributed by atoms with van der Waals surface area (Å²) in [6, 6.07) is 0. The lowest BCUT2D eigenvalue weighted by atomic mass is 9.99. The SMILES string of the molecule is CCCCCC/C=C\C/C=C\CCCCCCCCCC(=O)OC(COCCCCCCCC)COC1OC(CO)C(O)C(O)C1O. The number of rotatable bonds is 31. The molecule has 1 rings (SSSR count). The molecule has 0 aromatic rings. The monoisotopic (exact) mass is 671 g/mol. The fraction of sp³-hybridized carbons (Fsp3) is 0.868. The molecule has 276 valence electrons. The molecular formula is C38H70O9. The van der Waals surface area contributed by atoms with Gasteiger partial charge < -0.3 is 39.4 Å². The lowest BCUT2D eigenvalue weighted by Crippen LogP contribution is -2.59. The van der Waals surface area contributed by atoms with Gasteiger partial charge in [0.05, 0.1) is 19.8 Å². The number of hydrogen-bond donors (Lipinski definition) is 4. The van der Waals surface area contributed by atoms with Gasteiger partial charge in [0.15, 0.2) is 6.29 Å². The lowest BCUT2D eigenvalue weighted by Gasteiger charge is -2.39. The number of unbranched alkanes of at least 4 members (excludes halogenated alkanes) is 16. The van der Waals surface area contributed by atoms with Crippen LogP contribution in [0.2, 0.25) is 0 Å². The van der Waals surface area contributed by atoms with E-state index in [-0.39, 0.29) is 19.2 Å². The van der Waals surface area contributed by atoms with Crippen LogP contribution in [0, 0.1) is 0 Å². The van der Waals surface area contributed by atoms with Gasteiger partial charge in [0, 0.05) is 13.0 Å². The van der Waals surface area contributed by atoms with E-state index in [9.17, 15) is 25.2 Å². The number of esters is 1. The molecule has 0 spiro atoms. The van der Waals surface area contributed by atoms with Crippen molar-refractivity contribution in [2.24, 2.45) is 0 Å². The molecule has 4 N–H and O–H groups in total. The third kappa shape index (κ3) is 22.8. The maximum absolute atomic E-state index is 12.6. The minimum atomic E-state index is -1.53. The van der Waals surface area contributed by atoms with Gasteiger partial charge in [-0.25, -0.2) is 0 Å². The van der Waals surface area contributed by atoms with Gasteiger partial charge in [0.1, 0.15) is 30.5 Å². The summed E-state index contributed by atoms with van der Waals surface area (Å²) in [5.74, 6) is -0.325. The topological polar surface area (TPSA) is 135 Å². The maximum Gasteiger partial charge on any atom is 0.306 e. The molecule has 1 aliphatic rings. The van der Waals surface area contributed by atoms with Crippen LogP contribution in [-0.4, -0.2) is 89.6 Å². The first kappa shape index (κ1) is 43.7. The standard InChI is InChI=1S/C38H70O9/c1-3-5-7-9-11-12-13-14-15-16-17-18-19-20-21-22-23-25-27-34(40)46-32(30-44-28-26-24-10-8-6-4-2)31-45-38-37(43)36(42)35(41)33(29-39)47-38/h12-13,15-16,32-33,35-39,41-43H,3-11,14,17-31H2,1-2H3/b13-12-,16-15-. The zero-order chi connectivity index (χ0) is 34.4. The Morgan fingerprint density at radius 1 is 0.681 bits per heavy atom. The molecule has 1 heterocycles. The number of aliphatic hydroxyl groups excluding tert-OH is 4. The molecule has 0 amide bonds. The summed E-state index contributed by atoms with van der Waals surface area (Å²) in [7, 11) is 0. The highest BCUT2D eigenvalue weighted by Crippen LogP contribution is 2.22. The number of carbonyl (C=O) groups excluding carboxylic acids is 1. The van der Waals surface area contributed by atoms with Gasteiger partial charge in [0.2, 0.25) is 0 Å². The molecule has 0 radical (unpaired) electrons. The minimum Gasteiger partial charge on any atom is -0.457 e. The van der Waals surface area contributed by atoms with Gasteiger partial charge in [-0.1, -0.05) is 122 Å². The molecule has 0 aliphatic carbocycles. The summed E-state index contributed by atoms with van der Waals surface area (Å²) in [5.41, 5.74) is 0. The number of aliphatic hydroxyl groups is 4. The van der Waals surface area contributed by atoms with E-state index in [0.717, 1.165) is 44.9 Å². The summed E-state index contributed by atoms with van der Waals surface area (Å²) >= 11 is 0. The van der Waals surface area contributed by atoms with E-state index in [1.807, 2.05) is 0 Å². The van der Waals surface area contributed by atoms with Gasteiger partial charge in [-0.15, -0.1) is 0 Å². The van der Waals surface area contributed by atoms with Crippen LogP contribution >= 0.6 is 0 Å². The van der Waals surface area contributed by atoms with E-state index in [4.69, 9.17) is 18.9 Å². The number of hydrogen-bond acceptors (Lipinski definition) is 9. The van der Waals surface area contributed by atoms with Crippen molar-refractivity contribution < 1.29 is 44.2 Å². The Kier molecular flexibility index (Phi) is 28.5. The molecule has 1 saturated heterocycles. The van der Waals surface area contributed by atoms with Crippen LogP contribution in [0.1, 0.15) is 149 Å². The van der Waals surface area contributed by atoms with Gasteiger partial charge in [-0.3, -0.25) is 4.79 Å². The summed E-state index contributed by atoms with van der Waals surface area (Å²) in [6.45, 7) is 4.47. The third-order valence-corrected chi connectivity index (χ3v) is 8.62. The van der Waals surface area contributed by atoms with Crippen molar-refractivity contribution in [1.29, 1.82) is 0 Å². The number of allylic oxidation sites excluding steroid dienone is 4. The van der Waals surface area contributed by atoms with Crippen molar-refractivity contribution in [1.82, 2.24) is 0 Å². The van der Waals surface area contributed by atoms with E-state index in [2.05, 4.69) is 38.2 Å². The molecule has 6 unspecified atom stereocenters. The zero-order valence-corrected chi connectivity index (χ0v) is 29.8. The van der Waals surface area contributed by atoms with Gasteiger partial charge >= 0.3 is 5.97 Å². The Morgan fingerprint density at radius 3 is 1.85 bits per heavy atom. The predicted octanol–water partition coefficient (Wildman–Crippen LogP) is 7.08. The summed E-state index contributed by atoms with van der Waals surface area (Å²) < 4.78 is 22.5. The van der Waals surface area contributed by atoms with Crippen molar-refractivity contribution in [2.75, 3.05) is 26.4 Å². The molecule has 0 saturated carbocycles. The lowest BCUT2D eigenvalue weighted by molar-refractivity contribution is -0.305. The highest BCUT2D eigenvalue weighted by Gasteiger charge is 2.44. The molecule has 9 heteroatoms. The zero-order valence-electron chi connectivity index (χ0n) is 29.8. The van der Waals surface area contributed by atoms with Crippen molar-refractivity contribution in [3.8, 4) is 0 Å². The fourth-order valence-electron chi connectivity index (χ4n) is 5.58. The van der Waals surface area contributed by atoms with Gasteiger partial charge in [-0.2, -0.15) is 0 Å². The molecule has 9 nitrogen and oxygen atoms in total. The van der Waals surface area contributed by atoms with Crippen molar-refractivity contribution >= 4 is 5.97 Å². The normalized spacial score (nSPS) is 22.4.